The number of benzene rings is 6. The molecule has 6 rings (SSSR count). The van der Waals surface area contributed by atoms with Gasteiger partial charge in [0.25, 0.3) is 0 Å². The van der Waals surface area contributed by atoms with Crippen LogP contribution in [-0.2, 0) is 47.6 Å². The molecule has 0 atom stereocenters. The van der Waals surface area contributed by atoms with Crippen LogP contribution in [0, 0.1) is 0 Å². The maximum absolute atomic E-state index is 14.1. The minimum absolute atomic E-state index is 0.0277. The highest BCUT2D eigenvalue weighted by atomic mass is 19.4. The molecule has 0 unspecified atom stereocenters. The molecule has 18 nitrogen and oxygen atoms in total. The summed E-state index contributed by atoms with van der Waals surface area (Å²) < 4.78 is 271. The van der Waals surface area contributed by atoms with Crippen LogP contribution in [0.3, 0.4) is 0 Å². The highest BCUT2D eigenvalue weighted by Gasteiger charge is 2.95. The van der Waals surface area contributed by atoms with E-state index in [9.17, 15) is 109 Å². The van der Waals surface area contributed by atoms with Crippen molar-refractivity contribution in [3.05, 3.63) is 192 Å². The van der Waals surface area contributed by atoms with Crippen LogP contribution in [0.4, 0.5) is 70.2 Å². The first kappa shape index (κ1) is 97.6. The summed E-state index contributed by atoms with van der Waals surface area (Å²) in [7, 11) is 0. The van der Waals surface area contributed by atoms with Crippen molar-refractivity contribution in [3.63, 3.8) is 0 Å². The molecule has 34 heteroatoms. The second kappa shape index (κ2) is 45.1. The molecule has 0 aliphatic carbocycles. The fraction of sp³-hybridized carbons (Fsp3) is 0.429. The van der Waals surface area contributed by atoms with Crippen molar-refractivity contribution in [2.75, 3.05) is 52.9 Å². The van der Waals surface area contributed by atoms with Crippen molar-refractivity contribution in [1.29, 1.82) is 0 Å². The zero-order valence-corrected chi connectivity index (χ0v) is 64.6. The molecule has 0 amide bonds. The average Bonchev–Trinajstić information content (AvgIpc) is 0.693. The maximum atomic E-state index is 14.1. The minimum atomic E-state index is -8.64. The summed E-state index contributed by atoms with van der Waals surface area (Å²) in [5.41, 5.74) is 5.12. The first-order valence-corrected chi connectivity index (χ1v) is 37.1. The number of alkyl halides is 16. The Kier molecular flexibility index (Phi) is 37.3. The molecular weight excluding hydrogens is 1600 g/mol. The number of halogens is 16. The normalized spacial score (nSPS) is 12.0. The number of carbonyl (C=O) groups is 8. The van der Waals surface area contributed by atoms with E-state index >= 15 is 0 Å². The Bertz CT molecular complexity index is 4270. The zero-order chi connectivity index (χ0) is 87.7. The van der Waals surface area contributed by atoms with Gasteiger partial charge in [-0.05, 0) is 236 Å². The molecule has 0 heterocycles. The SMILES string of the molecule is C=C(C)C(=O)OCCCCCCOc1ccc(C(=O)Oc2ccc(-c3ccc(C(=O)OCCCCCCOC(=O)C(F)(F)C(F)(F)C(F)(F)C(F)(F)C(F)(F)C(F)(F)C(F)(F)C(C)(F)F)cc3)cc2)cc1.C=C(C)C(=O)OCCCCCCOc1ccc(C(=O)Oc2ccc(-c3ccc(C(=O)OCCCCCCOC(C)=O)cc3)cc2)cc1. The van der Waals surface area contributed by atoms with Gasteiger partial charge in [-0.1, -0.05) is 61.7 Å². The molecule has 0 saturated heterocycles. The van der Waals surface area contributed by atoms with Gasteiger partial charge in [-0.25, -0.2) is 33.6 Å². The molecule has 0 aromatic heterocycles. The number of hydrogen-bond acceptors (Lipinski definition) is 18. The second-order valence-corrected chi connectivity index (χ2v) is 26.9. The molecule has 118 heavy (non-hydrogen) atoms. The number of rotatable bonds is 48. The van der Waals surface area contributed by atoms with Gasteiger partial charge in [0, 0.05) is 25.0 Å². The van der Waals surface area contributed by atoms with Crippen LogP contribution < -0.4 is 18.9 Å². The van der Waals surface area contributed by atoms with Crippen LogP contribution in [0.15, 0.2) is 170 Å². The second-order valence-electron chi connectivity index (χ2n) is 26.9. The van der Waals surface area contributed by atoms with Crippen LogP contribution in [0.5, 0.6) is 23.0 Å². The number of unbranched alkanes of at least 4 members (excludes halogenated alkanes) is 12. The van der Waals surface area contributed by atoms with Crippen molar-refractivity contribution >= 4 is 47.8 Å². The summed E-state index contributed by atoms with van der Waals surface area (Å²) in [6, 6.07) is 39.9. The van der Waals surface area contributed by atoms with Gasteiger partial charge in [0.2, 0.25) is 0 Å². The van der Waals surface area contributed by atoms with Crippen LogP contribution in [0.1, 0.15) is 172 Å². The third-order valence-electron chi connectivity index (χ3n) is 17.3. The largest absolute Gasteiger partial charge is 0.494 e. The lowest BCUT2D eigenvalue weighted by Gasteiger charge is -2.43. The summed E-state index contributed by atoms with van der Waals surface area (Å²) in [4.78, 5) is 95.3. The first-order chi connectivity index (χ1) is 55.4. The molecule has 0 spiro atoms. The molecule has 0 fully saturated rings. The third-order valence-corrected chi connectivity index (χ3v) is 17.3. The molecular formula is C84H88F16O18. The molecule has 0 aliphatic rings. The van der Waals surface area contributed by atoms with Crippen LogP contribution in [-0.4, -0.2) is 148 Å². The zero-order valence-electron chi connectivity index (χ0n) is 64.6. The monoisotopic (exact) mass is 1690 g/mol. The maximum Gasteiger partial charge on any atom is 0.410 e. The van der Waals surface area contributed by atoms with Gasteiger partial charge < -0.3 is 47.4 Å². The first-order valence-electron chi connectivity index (χ1n) is 37.1. The van der Waals surface area contributed by atoms with E-state index < -0.39 is 97.2 Å². The van der Waals surface area contributed by atoms with E-state index in [0.29, 0.717) is 90.3 Å². The van der Waals surface area contributed by atoms with Crippen molar-refractivity contribution in [2.45, 2.75) is 178 Å². The van der Waals surface area contributed by atoms with Crippen LogP contribution in [0.25, 0.3) is 22.3 Å². The third kappa shape index (κ3) is 27.9. The van der Waals surface area contributed by atoms with Crippen molar-refractivity contribution in [2.24, 2.45) is 0 Å². The molecule has 6 aromatic carbocycles. The molecule has 0 saturated carbocycles. The fourth-order valence-electron chi connectivity index (χ4n) is 10.3. The van der Waals surface area contributed by atoms with E-state index in [-0.39, 0.29) is 60.7 Å². The van der Waals surface area contributed by atoms with Crippen molar-refractivity contribution in [1.82, 2.24) is 0 Å². The lowest BCUT2D eigenvalue weighted by atomic mass is 9.88. The van der Waals surface area contributed by atoms with Crippen LogP contribution in [0.2, 0.25) is 0 Å². The summed E-state index contributed by atoms with van der Waals surface area (Å²) in [5, 5.41) is 0. The Morgan fingerprint density at radius 1 is 0.271 bits per heavy atom. The Hall–Kier alpha value is -11.0. The number of carbonyl (C=O) groups excluding carboxylic acids is 8. The number of ether oxygens (including phenoxy) is 10. The van der Waals surface area contributed by atoms with E-state index in [4.69, 9.17) is 42.6 Å². The Balaban J connectivity index is 0.000000456. The summed E-state index contributed by atoms with van der Waals surface area (Å²) in [6.07, 6.45) is 9.47. The molecule has 0 bridgehead atoms. The Labute approximate surface area is 669 Å². The average molecular weight is 1690 g/mol. The summed E-state index contributed by atoms with van der Waals surface area (Å²) in [6.45, 7) is 11.3. The van der Waals surface area contributed by atoms with Crippen LogP contribution >= 0.6 is 0 Å². The van der Waals surface area contributed by atoms with Gasteiger partial charge in [-0.3, -0.25) is 4.79 Å². The highest BCUT2D eigenvalue weighted by molar-refractivity contribution is 5.93. The van der Waals surface area contributed by atoms with Gasteiger partial charge in [0.15, 0.2) is 0 Å². The minimum Gasteiger partial charge on any atom is -0.494 e. The van der Waals surface area contributed by atoms with E-state index in [0.717, 1.165) is 88.2 Å². The lowest BCUT2D eigenvalue weighted by molar-refractivity contribution is -0.450. The van der Waals surface area contributed by atoms with Gasteiger partial charge in [-0.15, -0.1) is 0 Å². The predicted octanol–water partition coefficient (Wildman–Crippen LogP) is 20.9. The molecule has 0 radical (unpaired) electrons. The van der Waals surface area contributed by atoms with Gasteiger partial charge in [-0.2, -0.15) is 70.2 Å². The van der Waals surface area contributed by atoms with Crippen molar-refractivity contribution < 1.29 is 156 Å². The van der Waals surface area contributed by atoms with Gasteiger partial charge in [0.05, 0.1) is 75.1 Å². The summed E-state index contributed by atoms with van der Waals surface area (Å²) >= 11 is 0. The molecule has 6 aromatic rings. The smallest absolute Gasteiger partial charge is 0.410 e. The van der Waals surface area contributed by atoms with Gasteiger partial charge >= 0.3 is 95.1 Å². The number of esters is 8. The molecule has 0 aliphatic heterocycles. The van der Waals surface area contributed by atoms with Gasteiger partial charge in [0.1, 0.15) is 23.0 Å². The van der Waals surface area contributed by atoms with Crippen molar-refractivity contribution in [3.8, 4) is 45.3 Å². The fourth-order valence-corrected chi connectivity index (χ4v) is 10.3. The highest BCUT2D eigenvalue weighted by Crippen LogP contribution is 2.64. The Morgan fingerprint density at radius 3 is 0.805 bits per heavy atom. The number of hydrogen-bond donors (Lipinski definition) is 0. The topological polar surface area (TPSA) is 229 Å². The van der Waals surface area contributed by atoms with E-state index in [1.165, 1.54) is 19.1 Å². The Morgan fingerprint density at radius 2 is 0.508 bits per heavy atom. The quantitative estimate of drug-likeness (QED) is 0.00863. The lowest BCUT2D eigenvalue weighted by Crippen LogP contribution is -2.75. The van der Waals surface area contributed by atoms with E-state index in [2.05, 4.69) is 17.9 Å². The van der Waals surface area contributed by atoms with E-state index in [1.807, 2.05) is 24.3 Å². The standard InChI is InChI=1S/C46H44F16O9.C38H44O9/c1-28(2)35(63)68-25-9-5-4-8-24-67-33-20-18-32(19-21-33)37(65)71-34-22-16-30(17-23-34)29-12-14-31(15-13-29)36(64)69-26-10-6-7-11-27-70-38(66)40(49,50)42(53,54)44(57,58)46(61,62)45(59,60)43(55,56)41(51,52)39(3,47)48;1-28(2)36(40)45-26-10-7-5-9-25-44-34-20-18-33(19-21-34)38(42)47-35-22-16-31(17-23-35)30-12-14-32(15-13-30)37(41)46-27-11-6-4-8-24-43-29(3)39/h12-23H,1,4-11,24-27H2,2-3H3;12-23H,1,4-11,24-27H2,2-3H3. The van der Waals surface area contributed by atoms with E-state index in [1.54, 1.807) is 123 Å². The molecule has 644 valence electrons. The predicted molar refractivity (Wildman–Crippen MR) is 396 cm³/mol. The summed E-state index contributed by atoms with van der Waals surface area (Å²) in [5.74, 6) is -68.5. The molecule has 0 N–H and O–H groups in total.